The second-order valence-electron chi connectivity index (χ2n) is 6.34. The molecule has 0 aliphatic heterocycles. The molecule has 2 saturated carbocycles. The maximum atomic E-state index is 12.5. The smallest absolute Gasteiger partial charge is 0.261 e. The standard InChI is InChI=1S/C18H23NO3/c1-13(20)14-5-4-8-17(11-14)22-12-18(21)19(16-9-10-16)15-6-2-3-7-15/h4-5,8,11,15-16H,2-3,6-7,9-10,12H2,1H3. The summed E-state index contributed by atoms with van der Waals surface area (Å²) in [5, 5.41) is 0. The van der Waals surface area contributed by atoms with Crippen molar-refractivity contribution >= 4 is 11.7 Å². The minimum absolute atomic E-state index is 0.00217. The molecule has 2 aliphatic rings. The Kier molecular flexibility index (Phi) is 4.46. The van der Waals surface area contributed by atoms with Crippen LogP contribution in [0, 0.1) is 0 Å². The van der Waals surface area contributed by atoms with E-state index in [1.807, 2.05) is 0 Å². The fourth-order valence-electron chi connectivity index (χ4n) is 3.27. The minimum Gasteiger partial charge on any atom is -0.484 e. The molecule has 1 amide bonds. The van der Waals surface area contributed by atoms with Crippen LogP contribution < -0.4 is 4.74 Å². The van der Waals surface area contributed by atoms with Crippen molar-refractivity contribution in [3.8, 4) is 5.75 Å². The van der Waals surface area contributed by atoms with Crippen molar-refractivity contribution in [3.63, 3.8) is 0 Å². The summed E-state index contributed by atoms with van der Waals surface area (Å²) in [7, 11) is 0. The summed E-state index contributed by atoms with van der Waals surface area (Å²) in [6, 6.07) is 7.87. The lowest BCUT2D eigenvalue weighted by Gasteiger charge is -2.29. The highest BCUT2D eigenvalue weighted by Crippen LogP contribution is 2.34. The van der Waals surface area contributed by atoms with Gasteiger partial charge in [-0.25, -0.2) is 0 Å². The van der Waals surface area contributed by atoms with Crippen LogP contribution in [0.4, 0.5) is 0 Å². The number of nitrogens with zero attached hydrogens (tertiary/aromatic N) is 1. The highest BCUT2D eigenvalue weighted by molar-refractivity contribution is 5.94. The Morgan fingerprint density at radius 1 is 1.14 bits per heavy atom. The average molecular weight is 301 g/mol. The first-order chi connectivity index (χ1) is 10.6. The van der Waals surface area contributed by atoms with Crippen LogP contribution in [-0.2, 0) is 4.79 Å². The van der Waals surface area contributed by atoms with E-state index in [0.717, 1.165) is 25.7 Å². The van der Waals surface area contributed by atoms with E-state index in [1.54, 1.807) is 24.3 Å². The molecule has 0 atom stereocenters. The highest BCUT2D eigenvalue weighted by atomic mass is 16.5. The second kappa shape index (κ2) is 6.51. The van der Waals surface area contributed by atoms with Crippen LogP contribution in [0.15, 0.2) is 24.3 Å². The molecule has 2 aliphatic carbocycles. The van der Waals surface area contributed by atoms with E-state index in [9.17, 15) is 9.59 Å². The Morgan fingerprint density at radius 2 is 1.82 bits per heavy atom. The van der Waals surface area contributed by atoms with Crippen LogP contribution in [0.2, 0.25) is 0 Å². The number of ketones is 1. The molecule has 0 heterocycles. The van der Waals surface area contributed by atoms with Crippen LogP contribution in [-0.4, -0.2) is 35.3 Å². The van der Waals surface area contributed by atoms with Crippen LogP contribution >= 0.6 is 0 Å². The number of Topliss-reactive ketones (excluding diaryl/α,β-unsaturated/α-hetero) is 1. The van der Waals surface area contributed by atoms with E-state index < -0.39 is 0 Å². The molecule has 0 bridgehead atoms. The number of carbonyl (C=O) groups excluding carboxylic acids is 2. The van der Waals surface area contributed by atoms with Gasteiger partial charge >= 0.3 is 0 Å². The van der Waals surface area contributed by atoms with Crippen molar-refractivity contribution < 1.29 is 14.3 Å². The molecule has 0 radical (unpaired) electrons. The van der Waals surface area contributed by atoms with Crippen LogP contribution in [0.3, 0.4) is 0 Å². The number of ether oxygens (including phenoxy) is 1. The monoisotopic (exact) mass is 301 g/mol. The Labute approximate surface area is 131 Å². The Morgan fingerprint density at radius 3 is 2.45 bits per heavy atom. The van der Waals surface area contributed by atoms with Crippen LogP contribution in [0.25, 0.3) is 0 Å². The Hall–Kier alpha value is -1.84. The zero-order valence-electron chi connectivity index (χ0n) is 13.1. The minimum atomic E-state index is 0.00217. The van der Waals surface area contributed by atoms with E-state index in [-0.39, 0.29) is 18.3 Å². The van der Waals surface area contributed by atoms with E-state index in [2.05, 4.69) is 4.90 Å². The Balaban J connectivity index is 1.61. The van der Waals surface area contributed by atoms with Crippen LogP contribution in [0.1, 0.15) is 55.8 Å². The Bertz CT molecular complexity index is 559. The molecule has 22 heavy (non-hydrogen) atoms. The normalized spacial score (nSPS) is 18.2. The first-order valence-electron chi connectivity index (χ1n) is 8.20. The third kappa shape index (κ3) is 3.49. The average Bonchev–Trinajstić information content (AvgIpc) is 3.20. The highest BCUT2D eigenvalue weighted by Gasteiger charge is 2.38. The number of amides is 1. The van der Waals surface area contributed by atoms with E-state index in [1.165, 1.54) is 19.8 Å². The fraction of sp³-hybridized carbons (Fsp3) is 0.556. The van der Waals surface area contributed by atoms with E-state index in [4.69, 9.17) is 4.74 Å². The first kappa shape index (κ1) is 15.1. The van der Waals surface area contributed by atoms with E-state index >= 15 is 0 Å². The van der Waals surface area contributed by atoms with Gasteiger partial charge in [-0.2, -0.15) is 0 Å². The summed E-state index contributed by atoms with van der Waals surface area (Å²) in [5.41, 5.74) is 0.611. The zero-order valence-corrected chi connectivity index (χ0v) is 13.1. The summed E-state index contributed by atoms with van der Waals surface area (Å²) in [6.45, 7) is 1.59. The lowest BCUT2D eigenvalue weighted by molar-refractivity contribution is -0.136. The maximum absolute atomic E-state index is 12.5. The third-order valence-corrected chi connectivity index (χ3v) is 4.55. The second-order valence-corrected chi connectivity index (χ2v) is 6.34. The molecular formula is C18H23NO3. The van der Waals surface area contributed by atoms with Gasteiger partial charge in [-0.15, -0.1) is 0 Å². The van der Waals surface area contributed by atoms with Crippen molar-refractivity contribution in [2.24, 2.45) is 0 Å². The van der Waals surface area contributed by atoms with Gasteiger partial charge in [-0.05, 0) is 44.7 Å². The lowest BCUT2D eigenvalue weighted by atomic mass is 10.1. The quantitative estimate of drug-likeness (QED) is 0.758. The summed E-state index contributed by atoms with van der Waals surface area (Å²) in [6.07, 6.45) is 6.96. The molecular weight excluding hydrogens is 278 g/mol. The lowest BCUT2D eigenvalue weighted by Crippen LogP contribution is -2.43. The van der Waals surface area contributed by atoms with Gasteiger partial charge in [0, 0.05) is 17.6 Å². The van der Waals surface area contributed by atoms with Crippen molar-refractivity contribution in [2.75, 3.05) is 6.61 Å². The SMILES string of the molecule is CC(=O)c1cccc(OCC(=O)N(C2CCCC2)C2CC2)c1. The number of rotatable bonds is 6. The number of hydrogen-bond acceptors (Lipinski definition) is 3. The predicted molar refractivity (Wildman–Crippen MR) is 84.1 cm³/mol. The molecule has 4 heteroatoms. The number of benzene rings is 1. The molecule has 3 rings (SSSR count). The van der Waals surface area contributed by atoms with Crippen LogP contribution in [0.5, 0.6) is 5.75 Å². The van der Waals surface area contributed by atoms with E-state index in [0.29, 0.717) is 23.4 Å². The van der Waals surface area contributed by atoms with Gasteiger partial charge < -0.3 is 9.64 Å². The molecule has 0 saturated heterocycles. The van der Waals surface area contributed by atoms with Gasteiger partial charge in [0.1, 0.15) is 5.75 Å². The van der Waals surface area contributed by atoms with Gasteiger partial charge in [0.15, 0.2) is 12.4 Å². The number of carbonyl (C=O) groups is 2. The van der Waals surface area contributed by atoms with Crippen molar-refractivity contribution in [2.45, 2.75) is 57.5 Å². The predicted octanol–water partition coefficient (Wildman–Crippen LogP) is 3.20. The molecule has 0 unspecified atom stereocenters. The van der Waals surface area contributed by atoms with Crippen molar-refractivity contribution in [1.82, 2.24) is 4.90 Å². The first-order valence-corrected chi connectivity index (χ1v) is 8.20. The summed E-state index contributed by atoms with van der Waals surface area (Å²) < 4.78 is 5.63. The van der Waals surface area contributed by atoms with Gasteiger partial charge in [0.2, 0.25) is 0 Å². The molecule has 118 valence electrons. The fourth-order valence-corrected chi connectivity index (χ4v) is 3.27. The summed E-state index contributed by atoms with van der Waals surface area (Å²) in [4.78, 5) is 26.0. The molecule has 1 aromatic rings. The molecule has 0 spiro atoms. The molecule has 1 aromatic carbocycles. The van der Waals surface area contributed by atoms with Crippen molar-refractivity contribution in [3.05, 3.63) is 29.8 Å². The van der Waals surface area contributed by atoms with Crippen molar-refractivity contribution in [1.29, 1.82) is 0 Å². The molecule has 4 nitrogen and oxygen atoms in total. The summed E-state index contributed by atoms with van der Waals surface area (Å²) in [5.74, 6) is 0.674. The third-order valence-electron chi connectivity index (χ3n) is 4.55. The molecule has 2 fully saturated rings. The number of hydrogen-bond donors (Lipinski definition) is 0. The summed E-state index contributed by atoms with van der Waals surface area (Å²) >= 11 is 0. The largest absolute Gasteiger partial charge is 0.484 e. The molecule has 0 N–H and O–H groups in total. The van der Waals surface area contributed by atoms with Gasteiger partial charge in [-0.3, -0.25) is 9.59 Å². The zero-order chi connectivity index (χ0) is 15.5. The topological polar surface area (TPSA) is 46.6 Å². The van der Waals surface area contributed by atoms with Gasteiger partial charge in [0.05, 0.1) is 0 Å². The van der Waals surface area contributed by atoms with Gasteiger partial charge in [-0.1, -0.05) is 25.0 Å². The maximum Gasteiger partial charge on any atom is 0.261 e. The van der Waals surface area contributed by atoms with Gasteiger partial charge in [0.25, 0.3) is 5.91 Å². The molecule has 0 aromatic heterocycles.